The molecule has 0 aromatic heterocycles. The Kier molecular flexibility index (Phi) is 25.5. The van der Waals surface area contributed by atoms with Gasteiger partial charge < -0.3 is 57.4 Å². The summed E-state index contributed by atoms with van der Waals surface area (Å²) in [6, 6.07) is 0.787. The summed E-state index contributed by atoms with van der Waals surface area (Å²) < 4.78 is 0. The van der Waals surface area contributed by atoms with Crippen molar-refractivity contribution in [2.45, 2.75) is 82.5 Å². The lowest BCUT2D eigenvalue weighted by Crippen LogP contribution is -2.47. The van der Waals surface area contributed by atoms with Crippen LogP contribution in [-0.2, 0) is 60.9 Å². The van der Waals surface area contributed by atoms with Crippen molar-refractivity contribution >= 4 is 78.3 Å². The first kappa shape index (κ1) is 51.5. The number of nitrogens with one attached hydrogen (secondary N) is 6. The number of Topliss-reactive ketones (excluding diaryl/α,β-unsaturated/α-hetero) is 1. The van der Waals surface area contributed by atoms with E-state index in [0.717, 1.165) is 0 Å². The predicted octanol–water partition coefficient (Wildman–Crippen LogP) is -1.26. The predicted molar refractivity (Wildman–Crippen MR) is 197 cm³/mol. The summed E-state index contributed by atoms with van der Waals surface area (Å²) in [7, 11) is 0. The van der Waals surface area contributed by atoms with Crippen molar-refractivity contribution in [1.29, 1.82) is 0 Å². The third kappa shape index (κ3) is 24.1. The standard InChI is InChI=1S/C33H46N6O15S.CO2/c40-24(13-20(14-27(44)45)29(48)38-23(17-55)31(51)52)22(15-28(46)47)37-25(41)12-18-6-8-19(9-7-18)16-36-32(53)34-10-2-1-4-21(30(49)50)39-33(54)35-11-3-5-26(42)43;2-1-3/h6-9,20-23,55H,1-5,10-17H2,(H,37,41)(H,38,48)(H,42,43)(H,44,45)(H,46,47)(H,49,50)(H,51,52)(H2,34,36,53)(H2,35,39,54);/t20-,21-,22-,23-;/m0./s1. The van der Waals surface area contributed by atoms with Gasteiger partial charge in [0.15, 0.2) is 5.78 Å². The van der Waals surface area contributed by atoms with E-state index in [9.17, 15) is 63.3 Å². The Morgan fingerprint density at radius 3 is 1.69 bits per heavy atom. The summed E-state index contributed by atoms with van der Waals surface area (Å²) in [4.78, 5) is 135. The van der Waals surface area contributed by atoms with Crippen LogP contribution in [0.2, 0.25) is 0 Å². The highest BCUT2D eigenvalue weighted by molar-refractivity contribution is 7.80. The molecule has 0 radical (unpaired) electrons. The molecule has 0 saturated heterocycles. The maximum atomic E-state index is 13.0. The Balaban J connectivity index is 0.0000105. The number of carbonyl (C=O) groups excluding carboxylic acids is 7. The largest absolute Gasteiger partial charge is 0.481 e. The number of carboxylic acid groups (broad SMARTS) is 5. The van der Waals surface area contributed by atoms with Gasteiger partial charge in [-0.2, -0.15) is 22.2 Å². The molecule has 4 atom stereocenters. The fraction of sp³-hybridized carbons (Fsp3) is 0.500. The smallest absolute Gasteiger partial charge is 0.373 e. The van der Waals surface area contributed by atoms with Crippen LogP contribution in [-0.4, -0.2) is 128 Å². The molecule has 0 aliphatic carbocycles. The SMILES string of the molecule is O=C(O)CCCNC(=O)N[C@@H](CCCCNC(=O)NCc1ccc(CC(=O)N[C@@H](CC(=O)O)C(=O)C[C@@H](CC(=O)O)C(=O)N[C@@H](CS)C(=O)O)cc1)C(=O)O.O=C=O. The van der Waals surface area contributed by atoms with Crippen LogP contribution >= 0.6 is 12.6 Å². The van der Waals surface area contributed by atoms with Gasteiger partial charge in [0.2, 0.25) is 11.8 Å². The fourth-order valence-corrected chi connectivity index (χ4v) is 5.03. The average Bonchev–Trinajstić information content (AvgIpc) is 3.13. The highest BCUT2D eigenvalue weighted by Gasteiger charge is 2.32. The Morgan fingerprint density at radius 1 is 0.603 bits per heavy atom. The van der Waals surface area contributed by atoms with Crippen LogP contribution in [0.15, 0.2) is 24.3 Å². The van der Waals surface area contributed by atoms with Crippen molar-refractivity contribution in [3.63, 3.8) is 0 Å². The van der Waals surface area contributed by atoms with Crippen LogP contribution in [0, 0.1) is 5.92 Å². The van der Waals surface area contributed by atoms with Gasteiger partial charge in [0.1, 0.15) is 12.1 Å². The minimum atomic E-state index is -1.62. The first-order valence-electron chi connectivity index (χ1n) is 17.3. The van der Waals surface area contributed by atoms with Crippen LogP contribution < -0.4 is 31.9 Å². The van der Waals surface area contributed by atoms with E-state index < -0.39 is 103 Å². The molecule has 1 rings (SSSR count). The van der Waals surface area contributed by atoms with Crippen molar-refractivity contribution in [3.05, 3.63) is 35.4 Å². The van der Waals surface area contributed by atoms with Crippen molar-refractivity contribution in [3.8, 4) is 0 Å². The number of amides is 6. The number of unbranched alkanes of at least 4 members (excludes halogenated alkanes) is 1. The minimum Gasteiger partial charge on any atom is -0.481 e. The molecule has 0 unspecified atom stereocenters. The second kappa shape index (κ2) is 28.8. The molecule has 1 aromatic rings. The van der Waals surface area contributed by atoms with Gasteiger partial charge in [-0.1, -0.05) is 24.3 Å². The quantitative estimate of drug-likeness (QED) is 0.0363. The molecule has 23 nitrogen and oxygen atoms in total. The number of hydrogen-bond acceptors (Lipinski definition) is 13. The van der Waals surface area contributed by atoms with Crippen molar-refractivity contribution in [2.24, 2.45) is 5.92 Å². The molecule has 58 heavy (non-hydrogen) atoms. The number of benzene rings is 1. The summed E-state index contributed by atoms with van der Waals surface area (Å²) in [5.74, 6) is -11.3. The van der Waals surface area contributed by atoms with E-state index in [0.29, 0.717) is 24.0 Å². The molecule has 0 saturated carbocycles. The Bertz CT molecular complexity index is 1640. The van der Waals surface area contributed by atoms with Crippen LogP contribution in [0.3, 0.4) is 0 Å². The minimum absolute atomic E-state index is 0.0642. The number of carboxylic acids is 5. The third-order valence-electron chi connectivity index (χ3n) is 7.64. The van der Waals surface area contributed by atoms with Gasteiger partial charge >= 0.3 is 48.1 Å². The van der Waals surface area contributed by atoms with Crippen molar-refractivity contribution in [1.82, 2.24) is 31.9 Å². The lowest BCUT2D eigenvalue weighted by atomic mass is 9.93. The van der Waals surface area contributed by atoms with E-state index in [1.807, 2.05) is 0 Å². The highest BCUT2D eigenvalue weighted by atomic mass is 32.1. The molecule has 24 heteroatoms. The van der Waals surface area contributed by atoms with Gasteiger partial charge in [-0.3, -0.25) is 28.8 Å². The molecule has 320 valence electrons. The topological polar surface area (TPSA) is 378 Å². The number of rotatable bonds is 27. The van der Waals surface area contributed by atoms with E-state index in [4.69, 9.17) is 19.8 Å². The highest BCUT2D eigenvalue weighted by Crippen LogP contribution is 2.14. The zero-order chi connectivity index (χ0) is 44.2. The second-order valence-electron chi connectivity index (χ2n) is 12.2. The molecule has 6 amide bonds. The molecule has 0 aliphatic heterocycles. The number of carbonyl (C=O) groups is 10. The molecule has 0 spiro atoms. The Morgan fingerprint density at radius 2 is 1.16 bits per heavy atom. The first-order valence-corrected chi connectivity index (χ1v) is 17.9. The average molecular weight is 843 g/mol. The van der Waals surface area contributed by atoms with E-state index in [2.05, 4.69) is 44.5 Å². The van der Waals surface area contributed by atoms with Gasteiger partial charge in [0.25, 0.3) is 0 Å². The van der Waals surface area contributed by atoms with Gasteiger partial charge in [0, 0.05) is 38.2 Å². The van der Waals surface area contributed by atoms with E-state index in [-0.39, 0.29) is 57.2 Å². The summed E-state index contributed by atoms with van der Waals surface area (Å²) in [5.41, 5.74) is 1.09. The van der Waals surface area contributed by atoms with Gasteiger partial charge in [0.05, 0.1) is 31.2 Å². The number of ketones is 1. The molecular weight excluding hydrogens is 796 g/mol. The number of hydrogen-bond donors (Lipinski definition) is 12. The normalized spacial score (nSPS) is 12.2. The van der Waals surface area contributed by atoms with Crippen LogP contribution in [0.1, 0.15) is 62.5 Å². The summed E-state index contributed by atoms with van der Waals surface area (Å²) in [5, 5.41) is 59.9. The Labute approximate surface area is 335 Å². The van der Waals surface area contributed by atoms with Crippen LogP contribution in [0.25, 0.3) is 0 Å². The summed E-state index contributed by atoms with van der Waals surface area (Å²) in [6.07, 6.45) is -1.71. The van der Waals surface area contributed by atoms with Crippen molar-refractivity contribution in [2.75, 3.05) is 18.8 Å². The molecule has 1 aromatic carbocycles. The van der Waals surface area contributed by atoms with E-state index in [1.165, 1.54) is 0 Å². The lowest BCUT2D eigenvalue weighted by molar-refractivity contribution is -0.192. The van der Waals surface area contributed by atoms with Crippen LogP contribution in [0.5, 0.6) is 0 Å². The first-order chi connectivity index (χ1) is 27.3. The second-order valence-corrected chi connectivity index (χ2v) is 12.6. The Hall–Kier alpha value is -6.55. The van der Waals surface area contributed by atoms with E-state index in [1.54, 1.807) is 24.3 Å². The molecular formula is C34H46N6O17S. The van der Waals surface area contributed by atoms with Gasteiger partial charge in [-0.25, -0.2) is 19.2 Å². The molecule has 11 N–H and O–H groups in total. The van der Waals surface area contributed by atoms with Gasteiger partial charge in [-0.05, 0) is 36.8 Å². The summed E-state index contributed by atoms with van der Waals surface area (Å²) >= 11 is 3.81. The molecule has 0 heterocycles. The maximum absolute atomic E-state index is 13.0. The zero-order valence-electron chi connectivity index (χ0n) is 30.9. The van der Waals surface area contributed by atoms with Crippen LogP contribution in [0.4, 0.5) is 9.59 Å². The molecule has 0 fully saturated rings. The number of urea groups is 2. The monoisotopic (exact) mass is 842 g/mol. The fourth-order valence-electron chi connectivity index (χ4n) is 4.78. The number of aliphatic carboxylic acids is 5. The molecule has 0 aliphatic rings. The van der Waals surface area contributed by atoms with Crippen molar-refractivity contribution < 1.29 is 83.1 Å². The maximum Gasteiger partial charge on any atom is 0.373 e. The summed E-state index contributed by atoms with van der Waals surface area (Å²) in [6.45, 7) is 0.356. The lowest BCUT2D eigenvalue weighted by Gasteiger charge is -2.21. The third-order valence-corrected chi connectivity index (χ3v) is 8.01. The molecule has 0 bridgehead atoms. The van der Waals surface area contributed by atoms with Gasteiger partial charge in [-0.15, -0.1) is 0 Å². The zero-order valence-corrected chi connectivity index (χ0v) is 31.8. The number of thiol groups is 1. The van der Waals surface area contributed by atoms with E-state index >= 15 is 0 Å².